The normalized spacial score (nSPS) is 29.4. The van der Waals surface area contributed by atoms with Gasteiger partial charge in [0.05, 0.1) is 12.7 Å². The van der Waals surface area contributed by atoms with Crippen LogP contribution in [-0.2, 0) is 11.8 Å². The highest BCUT2D eigenvalue weighted by Gasteiger charge is 2.52. The summed E-state index contributed by atoms with van der Waals surface area (Å²) in [5.74, 6) is 2.86. The molecular formula is C27H30O3. The van der Waals surface area contributed by atoms with Gasteiger partial charge < -0.3 is 9.84 Å². The van der Waals surface area contributed by atoms with Crippen LogP contribution in [-0.4, -0.2) is 18.2 Å². The maximum Gasteiger partial charge on any atom is 0.336 e. The Morgan fingerprint density at radius 2 is 1.73 bits per heavy atom. The van der Waals surface area contributed by atoms with Gasteiger partial charge in [-0.3, -0.25) is 0 Å². The van der Waals surface area contributed by atoms with Gasteiger partial charge >= 0.3 is 5.97 Å². The zero-order chi connectivity index (χ0) is 20.7. The molecule has 2 aromatic rings. The molecule has 0 spiro atoms. The van der Waals surface area contributed by atoms with Crippen LogP contribution in [0.4, 0.5) is 0 Å². The van der Waals surface area contributed by atoms with Gasteiger partial charge in [-0.05, 0) is 91.4 Å². The van der Waals surface area contributed by atoms with Gasteiger partial charge in [0.25, 0.3) is 0 Å². The molecule has 0 unspecified atom stereocenters. The van der Waals surface area contributed by atoms with E-state index in [1.54, 1.807) is 19.2 Å². The van der Waals surface area contributed by atoms with Crippen molar-refractivity contribution in [3.63, 3.8) is 0 Å². The Hall–Kier alpha value is -2.55. The van der Waals surface area contributed by atoms with Gasteiger partial charge in [0, 0.05) is 5.56 Å². The van der Waals surface area contributed by atoms with Crippen molar-refractivity contribution in [3.05, 3.63) is 70.8 Å². The smallest absolute Gasteiger partial charge is 0.336 e. The van der Waals surface area contributed by atoms with Crippen LogP contribution in [0.1, 0.15) is 65.6 Å². The van der Waals surface area contributed by atoms with Crippen LogP contribution in [0.2, 0.25) is 0 Å². The van der Waals surface area contributed by atoms with Crippen LogP contribution in [0.15, 0.2) is 48.5 Å². The molecule has 0 atom stereocenters. The molecular weight excluding hydrogens is 372 g/mol. The highest BCUT2D eigenvalue weighted by molar-refractivity contribution is 5.92. The Kier molecular flexibility index (Phi) is 4.92. The molecule has 0 amide bonds. The minimum Gasteiger partial charge on any atom is -0.496 e. The maximum absolute atomic E-state index is 11.4. The Labute approximate surface area is 178 Å². The lowest BCUT2D eigenvalue weighted by Crippen LogP contribution is -2.48. The topological polar surface area (TPSA) is 46.5 Å². The first-order chi connectivity index (χ1) is 14.6. The molecule has 156 valence electrons. The Morgan fingerprint density at radius 3 is 2.37 bits per heavy atom. The monoisotopic (exact) mass is 402 g/mol. The molecule has 4 saturated carbocycles. The molecule has 30 heavy (non-hydrogen) atoms. The van der Waals surface area contributed by atoms with E-state index in [2.05, 4.69) is 24.3 Å². The van der Waals surface area contributed by atoms with Gasteiger partial charge in [0.2, 0.25) is 0 Å². The number of methoxy groups -OCH3 is 1. The largest absolute Gasteiger partial charge is 0.496 e. The first-order valence-corrected chi connectivity index (χ1v) is 11.2. The van der Waals surface area contributed by atoms with E-state index in [9.17, 15) is 9.90 Å². The number of aromatic carboxylic acids is 1. The second kappa shape index (κ2) is 7.61. The fourth-order valence-corrected chi connectivity index (χ4v) is 6.90. The lowest BCUT2D eigenvalue weighted by Gasteiger charge is -2.57. The number of carbonyl (C=O) groups is 1. The SMILES string of the molecule is COc1ccc(CC=Cc2ccccc2C(=O)O)cc1C12CC3CC(CC(C3)C1)C2. The number of carboxylic acid groups (broad SMARTS) is 1. The molecule has 4 aliphatic rings. The molecule has 2 aromatic carbocycles. The second-order valence-electron chi connectivity index (χ2n) is 9.73. The van der Waals surface area contributed by atoms with E-state index >= 15 is 0 Å². The number of hydrogen-bond donors (Lipinski definition) is 1. The summed E-state index contributed by atoms with van der Waals surface area (Å²) >= 11 is 0. The third kappa shape index (κ3) is 3.45. The highest BCUT2D eigenvalue weighted by Crippen LogP contribution is 2.61. The van der Waals surface area contributed by atoms with E-state index in [0.29, 0.717) is 11.0 Å². The van der Waals surface area contributed by atoms with Crippen molar-refractivity contribution >= 4 is 12.0 Å². The Morgan fingerprint density at radius 1 is 1.07 bits per heavy atom. The van der Waals surface area contributed by atoms with Crippen molar-refractivity contribution in [1.29, 1.82) is 0 Å². The van der Waals surface area contributed by atoms with Crippen molar-refractivity contribution in [2.24, 2.45) is 17.8 Å². The number of benzene rings is 2. The van der Waals surface area contributed by atoms with E-state index in [1.807, 2.05) is 18.2 Å². The number of ether oxygens (including phenoxy) is 1. The Bertz CT molecular complexity index is 952. The van der Waals surface area contributed by atoms with Crippen LogP contribution in [0.25, 0.3) is 6.08 Å². The number of carboxylic acids is 1. The van der Waals surface area contributed by atoms with Gasteiger partial charge in [-0.2, -0.15) is 0 Å². The molecule has 3 heteroatoms. The summed E-state index contributed by atoms with van der Waals surface area (Å²) in [6.45, 7) is 0. The predicted octanol–water partition coefficient (Wildman–Crippen LogP) is 6.12. The molecule has 6 rings (SSSR count). The maximum atomic E-state index is 11.4. The number of hydrogen-bond acceptors (Lipinski definition) is 2. The molecule has 0 aliphatic heterocycles. The third-order valence-corrected chi connectivity index (χ3v) is 7.72. The number of rotatable bonds is 6. The van der Waals surface area contributed by atoms with Crippen LogP contribution < -0.4 is 4.74 Å². The Balaban J connectivity index is 1.41. The lowest BCUT2D eigenvalue weighted by atomic mass is 9.48. The van der Waals surface area contributed by atoms with E-state index in [1.165, 1.54) is 49.7 Å². The summed E-state index contributed by atoms with van der Waals surface area (Å²) in [7, 11) is 1.79. The molecule has 4 fully saturated rings. The summed E-state index contributed by atoms with van der Waals surface area (Å²) < 4.78 is 5.82. The van der Waals surface area contributed by atoms with Gasteiger partial charge in [0.1, 0.15) is 5.75 Å². The summed E-state index contributed by atoms with van der Waals surface area (Å²) in [5, 5.41) is 9.38. The molecule has 3 nitrogen and oxygen atoms in total. The quantitative estimate of drug-likeness (QED) is 0.633. The van der Waals surface area contributed by atoms with Crippen molar-refractivity contribution in [1.82, 2.24) is 0 Å². The number of allylic oxidation sites excluding steroid dienone is 1. The van der Waals surface area contributed by atoms with E-state index < -0.39 is 5.97 Å². The summed E-state index contributed by atoms with van der Waals surface area (Å²) in [5.41, 5.74) is 4.08. The molecule has 0 aromatic heterocycles. The molecule has 0 heterocycles. The molecule has 0 saturated heterocycles. The molecule has 0 radical (unpaired) electrons. The van der Waals surface area contributed by atoms with E-state index in [-0.39, 0.29) is 0 Å². The molecule has 4 aliphatic carbocycles. The van der Waals surface area contributed by atoms with E-state index in [4.69, 9.17) is 4.74 Å². The van der Waals surface area contributed by atoms with Gasteiger partial charge in [0.15, 0.2) is 0 Å². The first kappa shape index (κ1) is 19.4. The second-order valence-corrected chi connectivity index (χ2v) is 9.73. The van der Waals surface area contributed by atoms with Crippen molar-refractivity contribution in [3.8, 4) is 5.75 Å². The van der Waals surface area contributed by atoms with Crippen molar-refractivity contribution in [2.45, 2.75) is 50.4 Å². The fourth-order valence-electron chi connectivity index (χ4n) is 6.90. The summed E-state index contributed by atoms with van der Waals surface area (Å²) in [6.07, 6.45) is 13.1. The minimum atomic E-state index is -0.885. The van der Waals surface area contributed by atoms with Gasteiger partial charge in [-0.25, -0.2) is 4.79 Å². The minimum absolute atomic E-state index is 0.301. The van der Waals surface area contributed by atoms with Crippen LogP contribution in [0.5, 0.6) is 5.75 Å². The van der Waals surface area contributed by atoms with E-state index in [0.717, 1.165) is 35.5 Å². The average Bonchev–Trinajstić information content (AvgIpc) is 2.73. The van der Waals surface area contributed by atoms with Crippen molar-refractivity contribution in [2.75, 3.05) is 7.11 Å². The standard InChI is InChI=1S/C27H30O3/c1-30-25-10-9-18(5-4-7-22-6-2-3-8-23(22)26(28)29)14-24(25)27-15-19-11-20(16-27)13-21(12-19)17-27/h2-4,6-10,14,19-21H,5,11-13,15-17H2,1H3,(H,28,29). The average molecular weight is 403 g/mol. The summed E-state index contributed by atoms with van der Waals surface area (Å²) in [4.78, 5) is 11.4. The first-order valence-electron chi connectivity index (χ1n) is 11.2. The zero-order valence-corrected chi connectivity index (χ0v) is 17.6. The summed E-state index contributed by atoms with van der Waals surface area (Å²) in [6, 6.07) is 13.8. The third-order valence-electron chi connectivity index (χ3n) is 7.72. The lowest BCUT2D eigenvalue weighted by molar-refractivity contribution is -0.00618. The molecule has 4 bridgehead atoms. The van der Waals surface area contributed by atoms with Crippen LogP contribution in [0.3, 0.4) is 0 Å². The molecule has 1 N–H and O–H groups in total. The van der Waals surface area contributed by atoms with Gasteiger partial charge in [-0.15, -0.1) is 0 Å². The van der Waals surface area contributed by atoms with Crippen LogP contribution in [0, 0.1) is 17.8 Å². The van der Waals surface area contributed by atoms with Crippen molar-refractivity contribution < 1.29 is 14.6 Å². The highest BCUT2D eigenvalue weighted by atomic mass is 16.5. The fraction of sp³-hybridized carbons (Fsp3) is 0.444. The predicted molar refractivity (Wildman–Crippen MR) is 119 cm³/mol. The van der Waals surface area contributed by atoms with Gasteiger partial charge in [-0.1, -0.05) is 42.5 Å². The zero-order valence-electron chi connectivity index (χ0n) is 17.6. The van der Waals surface area contributed by atoms with Crippen LogP contribution >= 0.6 is 0 Å².